The molecule has 2 unspecified atom stereocenters. The van der Waals surface area contributed by atoms with E-state index in [-0.39, 0.29) is 5.31 Å². The molecule has 0 aromatic heterocycles. The average molecular weight is 235 g/mol. The number of hydrogen-bond donors (Lipinski definition) is 4. The Morgan fingerprint density at radius 1 is 1.60 bits per heavy atom. The van der Waals surface area contributed by atoms with Gasteiger partial charge in [-0.15, -0.1) is 0 Å². The van der Waals surface area contributed by atoms with Crippen molar-refractivity contribution in [3.63, 3.8) is 0 Å². The largest absolute Gasteiger partial charge is 0.480 e. The summed E-state index contributed by atoms with van der Waals surface area (Å²) in [4.78, 5) is 28.7. The zero-order valence-electron chi connectivity index (χ0n) is 8.04. The molecular formula is C8H14NO5P. The molecule has 0 aromatic carbocycles. The fourth-order valence-electron chi connectivity index (χ4n) is 1.76. The van der Waals surface area contributed by atoms with E-state index >= 15 is 0 Å². The molecule has 0 aromatic rings. The fourth-order valence-corrected chi connectivity index (χ4v) is 2.85. The average Bonchev–Trinajstić information content (AvgIpc) is 2.15. The first-order valence-corrected chi connectivity index (χ1v) is 6.20. The monoisotopic (exact) mass is 235 g/mol. The molecular weight excluding hydrogens is 221 g/mol. The van der Waals surface area contributed by atoms with Crippen molar-refractivity contribution in [1.29, 1.82) is 0 Å². The SMILES string of the molecule is NC(C(=O)O)C1CCCC=C1P(=O)(O)O. The predicted octanol–water partition coefficient (Wildman–Crippen LogP) is 0.260. The van der Waals surface area contributed by atoms with Crippen LogP contribution in [0.4, 0.5) is 0 Å². The molecule has 86 valence electrons. The summed E-state index contributed by atoms with van der Waals surface area (Å²) in [7, 11) is -4.37. The van der Waals surface area contributed by atoms with Crippen molar-refractivity contribution < 1.29 is 24.3 Å². The van der Waals surface area contributed by atoms with Gasteiger partial charge in [-0.1, -0.05) is 6.08 Å². The third-order valence-electron chi connectivity index (χ3n) is 2.51. The zero-order valence-corrected chi connectivity index (χ0v) is 8.93. The van der Waals surface area contributed by atoms with Gasteiger partial charge >= 0.3 is 13.6 Å². The summed E-state index contributed by atoms with van der Waals surface area (Å²) >= 11 is 0. The first kappa shape index (κ1) is 12.4. The molecule has 6 nitrogen and oxygen atoms in total. The Balaban J connectivity index is 2.97. The van der Waals surface area contributed by atoms with E-state index in [0.29, 0.717) is 19.3 Å². The van der Waals surface area contributed by atoms with E-state index in [1.54, 1.807) is 0 Å². The van der Waals surface area contributed by atoms with Gasteiger partial charge in [0.15, 0.2) is 0 Å². The van der Waals surface area contributed by atoms with Gasteiger partial charge in [-0.3, -0.25) is 9.36 Å². The number of carbonyl (C=O) groups is 1. The lowest BCUT2D eigenvalue weighted by Gasteiger charge is -2.27. The van der Waals surface area contributed by atoms with Gasteiger partial charge in [0.05, 0.1) is 0 Å². The molecule has 15 heavy (non-hydrogen) atoms. The van der Waals surface area contributed by atoms with Gasteiger partial charge in [0.25, 0.3) is 0 Å². The van der Waals surface area contributed by atoms with Gasteiger partial charge in [0.2, 0.25) is 0 Å². The maximum absolute atomic E-state index is 11.1. The molecule has 5 N–H and O–H groups in total. The second-order valence-corrected chi connectivity index (χ2v) is 5.18. The highest BCUT2D eigenvalue weighted by Crippen LogP contribution is 2.52. The third kappa shape index (κ3) is 2.89. The number of carboxylic acid groups (broad SMARTS) is 1. The molecule has 0 bridgehead atoms. The molecule has 1 aliphatic rings. The number of aliphatic carboxylic acids is 1. The van der Waals surface area contributed by atoms with Gasteiger partial charge in [0.1, 0.15) is 6.04 Å². The first-order chi connectivity index (χ1) is 6.84. The van der Waals surface area contributed by atoms with E-state index < -0.39 is 25.5 Å². The standard InChI is InChI=1S/C8H14NO5P/c9-7(8(10)11)5-3-1-2-4-6(5)15(12,13)14/h4-5,7H,1-3,9H2,(H,10,11)(H2,12,13,14). The van der Waals surface area contributed by atoms with E-state index in [9.17, 15) is 9.36 Å². The van der Waals surface area contributed by atoms with Crippen LogP contribution in [0, 0.1) is 5.92 Å². The van der Waals surface area contributed by atoms with Crippen molar-refractivity contribution in [3.8, 4) is 0 Å². The van der Waals surface area contributed by atoms with Crippen molar-refractivity contribution in [2.45, 2.75) is 25.3 Å². The van der Waals surface area contributed by atoms with Gasteiger partial charge in [0, 0.05) is 11.2 Å². The van der Waals surface area contributed by atoms with E-state index in [1.807, 2.05) is 0 Å². The van der Waals surface area contributed by atoms with Gasteiger partial charge in [-0.2, -0.15) is 0 Å². The van der Waals surface area contributed by atoms with Crippen molar-refractivity contribution in [2.75, 3.05) is 0 Å². The molecule has 7 heteroatoms. The molecule has 0 saturated heterocycles. The summed E-state index contributed by atoms with van der Waals surface area (Å²) in [6.45, 7) is 0. The minimum Gasteiger partial charge on any atom is -0.480 e. The van der Waals surface area contributed by atoms with Gasteiger partial charge in [-0.05, 0) is 19.3 Å². The lowest BCUT2D eigenvalue weighted by molar-refractivity contribution is -0.139. The normalized spacial score (nSPS) is 24.5. The Morgan fingerprint density at radius 2 is 2.20 bits per heavy atom. The summed E-state index contributed by atoms with van der Waals surface area (Å²) in [5.74, 6) is -1.99. The topological polar surface area (TPSA) is 121 Å². The molecule has 0 amide bonds. The van der Waals surface area contributed by atoms with E-state index in [0.717, 1.165) is 0 Å². The number of hydrogen-bond acceptors (Lipinski definition) is 3. The molecule has 1 aliphatic carbocycles. The maximum atomic E-state index is 11.1. The number of carboxylic acids is 1. The van der Waals surface area contributed by atoms with E-state index in [4.69, 9.17) is 20.6 Å². The van der Waals surface area contributed by atoms with Crippen molar-refractivity contribution in [1.82, 2.24) is 0 Å². The fraction of sp³-hybridized carbons (Fsp3) is 0.625. The Kier molecular flexibility index (Phi) is 3.67. The van der Waals surface area contributed by atoms with Crippen LogP contribution in [0.3, 0.4) is 0 Å². The highest BCUT2D eigenvalue weighted by atomic mass is 31.2. The molecule has 0 heterocycles. The van der Waals surface area contributed by atoms with Crippen LogP contribution < -0.4 is 5.73 Å². The minimum absolute atomic E-state index is 0.122. The molecule has 0 spiro atoms. The van der Waals surface area contributed by atoms with Gasteiger partial charge < -0.3 is 20.6 Å². The summed E-state index contributed by atoms with van der Waals surface area (Å²) in [6, 6.07) is -1.25. The minimum atomic E-state index is -4.37. The molecule has 0 saturated carbocycles. The predicted molar refractivity (Wildman–Crippen MR) is 53.1 cm³/mol. The van der Waals surface area contributed by atoms with E-state index in [2.05, 4.69) is 0 Å². The summed E-state index contributed by atoms with van der Waals surface area (Å²) in [6.07, 6.45) is 3.08. The zero-order chi connectivity index (χ0) is 11.6. The second-order valence-electron chi connectivity index (χ2n) is 3.57. The highest BCUT2D eigenvalue weighted by Gasteiger charge is 2.36. The Bertz CT molecular complexity index is 334. The van der Waals surface area contributed by atoms with Crippen LogP contribution in [0.5, 0.6) is 0 Å². The highest BCUT2D eigenvalue weighted by molar-refractivity contribution is 7.56. The van der Waals surface area contributed by atoms with Crippen LogP contribution in [0.1, 0.15) is 19.3 Å². The van der Waals surface area contributed by atoms with Crippen LogP contribution in [-0.4, -0.2) is 26.9 Å². The summed E-state index contributed by atoms with van der Waals surface area (Å²) < 4.78 is 11.1. The number of allylic oxidation sites excluding steroid dienone is 1. The third-order valence-corrected chi connectivity index (χ3v) is 3.69. The molecule has 0 fully saturated rings. The number of rotatable bonds is 3. The lowest BCUT2D eigenvalue weighted by Crippen LogP contribution is -2.39. The van der Waals surface area contributed by atoms with Gasteiger partial charge in [-0.25, -0.2) is 0 Å². The lowest BCUT2D eigenvalue weighted by atomic mass is 9.89. The molecule has 0 aliphatic heterocycles. The molecule has 0 radical (unpaired) electrons. The summed E-state index contributed by atoms with van der Waals surface area (Å²) in [5, 5.41) is 8.59. The first-order valence-electron chi connectivity index (χ1n) is 4.58. The van der Waals surface area contributed by atoms with Crippen molar-refractivity contribution in [2.24, 2.45) is 11.7 Å². The van der Waals surface area contributed by atoms with Crippen LogP contribution in [0.25, 0.3) is 0 Å². The van der Waals surface area contributed by atoms with Crippen LogP contribution in [-0.2, 0) is 9.36 Å². The van der Waals surface area contributed by atoms with E-state index in [1.165, 1.54) is 6.08 Å². The Labute approximate surface area is 86.9 Å². The molecule has 2 atom stereocenters. The maximum Gasteiger partial charge on any atom is 0.352 e. The van der Waals surface area contributed by atoms with Crippen molar-refractivity contribution >= 4 is 13.6 Å². The van der Waals surface area contributed by atoms with Crippen molar-refractivity contribution in [3.05, 3.63) is 11.4 Å². The smallest absolute Gasteiger partial charge is 0.352 e. The Hall–Kier alpha value is -0.680. The number of nitrogens with two attached hydrogens (primary N) is 1. The van der Waals surface area contributed by atoms with Crippen LogP contribution >= 0.6 is 7.60 Å². The second kappa shape index (κ2) is 4.45. The summed E-state index contributed by atoms with van der Waals surface area (Å²) in [5.41, 5.74) is 5.39. The molecule has 1 rings (SSSR count). The Morgan fingerprint density at radius 3 is 2.67 bits per heavy atom. The van der Waals surface area contributed by atoms with Crippen LogP contribution in [0.15, 0.2) is 11.4 Å². The quantitative estimate of drug-likeness (QED) is 0.520. The van der Waals surface area contributed by atoms with Crippen LogP contribution in [0.2, 0.25) is 0 Å².